The second-order valence-corrected chi connectivity index (χ2v) is 4.93. The summed E-state index contributed by atoms with van der Waals surface area (Å²) in [5.41, 5.74) is 7.83. The monoisotopic (exact) mass is 263 g/mol. The molecule has 5 nitrogen and oxygen atoms in total. The van der Waals surface area contributed by atoms with Gasteiger partial charge in [-0.2, -0.15) is 0 Å². The van der Waals surface area contributed by atoms with Crippen LogP contribution in [0.25, 0.3) is 0 Å². The third-order valence-electron chi connectivity index (χ3n) is 3.10. The molecule has 104 valence electrons. The van der Waals surface area contributed by atoms with E-state index in [0.717, 1.165) is 24.4 Å². The van der Waals surface area contributed by atoms with Crippen molar-refractivity contribution in [1.82, 2.24) is 5.32 Å². The van der Waals surface area contributed by atoms with Crippen molar-refractivity contribution >= 4 is 11.6 Å². The molecule has 0 spiro atoms. The molecule has 0 radical (unpaired) electrons. The van der Waals surface area contributed by atoms with Gasteiger partial charge in [-0.1, -0.05) is 6.07 Å². The molecule has 0 saturated carbocycles. The molecule has 1 aromatic carbocycles. The number of carbonyl (C=O) groups excluding carboxylic acids is 1. The zero-order valence-electron chi connectivity index (χ0n) is 11.5. The Bertz CT molecular complexity index is 460. The number of nitrogens with one attached hydrogen (secondary N) is 1. The van der Waals surface area contributed by atoms with Crippen LogP contribution in [0, 0.1) is 0 Å². The number of likely N-dealkylation sites (N-methyl/N-ethyl adjacent to an activating group) is 1. The molecule has 0 bridgehead atoms. The number of benzene rings is 1. The smallest absolute Gasteiger partial charge is 0.265 e. The molecule has 2 rings (SSSR count). The van der Waals surface area contributed by atoms with E-state index < -0.39 is 0 Å². The van der Waals surface area contributed by atoms with E-state index in [-0.39, 0.29) is 18.6 Å². The molecule has 0 aromatic heterocycles. The first-order valence-corrected chi connectivity index (χ1v) is 6.58. The number of fused-ring (bicyclic) bond motifs is 1. The largest absolute Gasteiger partial charge is 0.482 e. The number of rotatable bonds is 5. The van der Waals surface area contributed by atoms with E-state index in [2.05, 4.69) is 5.32 Å². The van der Waals surface area contributed by atoms with E-state index in [0.29, 0.717) is 6.54 Å². The highest BCUT2D eigenvalue weighted by atomic mass is 16.5. The molecule has 1 atom stereocenters. The number of ether oxygens (including phenoxy) is 1. The summed E-state index contributed by atoms with van der Waals surface area (Å²) in [6, 6.07) is 5.93. The number of hydrogen-bond acceptors (Lipinski definition) is 4. The molecule has 1 aliphatic heterocycles. The van der Waals surface area contributed by atoms with Gasteiger partial charge in [0.2, 0.25) is 0 Å². The highest BCUT2D eigenvalue weighted by Gasteiger charge is 2.26. The van der Waals surface area contributed by atoms with Gasteiger partial charge in [0.05, 0.1) is 5.69 Å². The number of anilines is 1. The second-order valence-electron chi connectivity index (χ2n) is 4.93. The number of amides is 1. The van der Waals surface area contributed by atoms with Gasteiger partial charge in [-0.15, -0.1) is 0 Å². The summed E-state index contributed by atoms with van der Waals surface area (Å²) in [6.45, 7) is 3.41. The van der Waals surface area contributed by atoms with Crippen molar-refractivity contribution in [3.8, 4) is 5.75 Å². The summed E-state index contributed by atoms with van der Waals surface area (Å²) in [5, 5.41) is 3.12. The lowest BCUT2D eigenvalue weighted by atomic mass is 10.1. The average Bonchev–Trinajstić information content (AvgIpc) is 2.39. The Hall–Kier alpha value is -1.59. The van der Waals surface area contributed by atoms with Crippen molar-refractivity contribution in [2.75, 3.05) is 31.6 Å². The molecule has 5 heteroatoms. The van der Waals surface area contributed by atoms with Crippen molar-refractivity contribution in [3.63, 3.8) is 0 Å². The molecule has 1 aromatic rings. The summed E-state index contributed by atoms with van der Waals surface area (Å²) >= 11 is 0. The SMILES string of the molecule is CNCCc1ccc2c(c1)N(CC(C)N)C(=O)CO2. The lowest BCUT2D eigenvalue weighted by Crippen LogP contribution is -2.44. The molecule has 0 saturated heterocycles. The molecule has 0 aliphatic carbocycles. The van der Waals surface area contributed by atoms with Crippen molar-refractivity contribution in [2.24, 2.45) is 5.73 Å². The van der Waals surface area contributed by atoms with Gasteiger partial charge in [0.15, 0.2) is 6.61 Å². The summed E-state index contributed by atoms with van der Waals surface area (Å²) in [6.07, 6.45) is 0.921. The molecule has 1 unspecified atom stereocenters. The van der Waals surface area contributed by atoms with E-state index >= 15 is 0 Å². The first-order valence-electron chi connectivity index (χ1n) is 6.58. The van der Waals surface area contributed by atoms with Crippen LogP contribution in [0.5, 0.6) is 5.75 Å². The predicted octanol–water partition coefficient (Wildman–Crippen LogP) is 0.521. The molecule has 3 N–H and O–H groups in total. The Balaban J connectivity index is 2.27. The van der Waals surface area contributed by atoms with Crippen LogP contribution >= 0.6 is 0 Å². The topological polar surface area (TPSA) is 67.6 Å². The van der Waals surface area contributed by atoms with E-state index in [1.165, 1.54) is 5.56 Å². The number of nitrogens with two attached hydrogens (primary N) is 1. The number of hydrogen-bond donors (Lipinski definition) is 2. The van der Waals surface area contributed by atoms with Gasteiger partial charge in [-0.25, -0.2) is 0 Å². The highest BCUT2D eigenvalue weighted by molar-refractivity contribution is 5.98. The van der Waals surface area contributed by atoms with E-state index in [1.54, 1.807) is 4.90 Å². The van der Waals surface area contributed by atoms with Crippen LogP contribution in [0.2, 0.25) is 0 Å². The summed E-state index contributed by atoms with van der Waals surface area (Å²) < 4.78 is 5.46. The molecule has 1 heterocycles. The maximum absolute atomic E-state index is 12.0. The Morgan fingerprint density at radius 2 is 2.32 bits per heavy atom. The Morgan fingerprint density at radius 3 is 3.00 bits per heavy atom. The van der Waals surface area contributed by atoms with E-state index in [9.17, 15) is 4.79 Å². The fourth-order valence-electron chi connectivity index (χ4n) is 2.16. The van der Waals surface area contributed by atoms with Gasteiger partial charge < -0.3 is 20.7 Å². The fraction of sp³-hybridized carbons (Fsp3) is 0.500. The summed E-state index contributed by atoms with van der Waals surface area (Å²) in [7, 11) is 1.92. The third kappa shape index (κ3) is 3.24. The van der Waals surface area contributed by atoms with Crippen molar-refractivity contribution in [1.29, 1.82) is 0 Å². The zero-order chi connectivity index (χ0) is 13.8. The normalized spacial score (nSPS) is 15.9. The summed E-state index contributed by atoms with van der Waals surface area (Å²) in [4.78, 5) is 13.7. The van der Waals surface area contributed by atoms with Crippen LogP contribution in [0.3, 0.4) is 0 Å². The second kappa shape index (κ2) is 6.04. The average molecular weight is 263 g/mol. The van der Waals surface area contributed by atoms with Crippen molar-refractivity contribution in [2.45, 2.75) is 19.4 Å². The zero-order valence-corrected chi connectivity index (χ0v) is 11.5. The van der Waals surface area contributed by atoms with Crippen LogP contribution in [-0.2, 0) is 11.2 Å². The quantitative estimate of drug-likeness (QED) is 0.813. The molecule has 1 amide bonds. The summed E-state index contributed by atoms with van der Waals surface area (Å²) in [5.74, 6) is 0.726. The van der Waals surface area contributed by atoms with Crippen LogP contribution in [0.1, 0.15) is 12.5 Å². The molecular formula is C14H21N3O2. The maximum atomic E-state index is 12.0. The van der Waals surface area contributed by atoms with Crippen molar-refractivity contribution < 1.29 is 9.53 Å². The maximum Gasteiger partial charge on any atom is 0.265 e. The van der Waals surface area contributed by atoms with Gasteiger partial charge in [0, 0.05) is 12.6 Å². The van der Waals surface area contributed by atoms with Crippen LogP contribution in [0.15, 0.2) is 18.2 Å². The molecular weight excluding hydrogens is 242 g/mol. The van der Waals surface area contributed by atoms with Crippen LogP contribution in [0.4, 0.5) is 5.69 Å². The minimum atomic E-state index is -0.0594. The van der Waals surface area contributed by atoms with E-state index in [1.807, 2.05) is 32.2 Å². The van der Waals surface area contributed by atoms with Crippen molar-refractivity contribution in [3.05, 3.63) is 23.8 Å². The number of nitrogens with zero attached hydrogens (tertiary/aromatic N) is 1. The lowest BCUT2D eigenvalue weighted by molar-refractivity contribution is -0.121. The van der Waals surface area contributed by atoms with Gasteiger partial charge in [-0.05, 0) is 44.6 Å². The van der Waals surface area contributed by atoms with Gasteiger partial charge in [0.1, 0.15) is 5.75 Å². The predicted molar refractivity (Wildman–Crippen MR) is 75.6 cm³/mol. The Labute approximate surface area is 113 Å². The van der Waals surface area contributed by atoms with Crippen LogP contribution in [-0.4, -0.2) is 38.7 Å². The minimum Gasteiger partial charge on any atom is -0.482 e. The van der Waals surface area contributed by atoms with Gasteiger partial charge >= 0.3 is 0 Å². The molecule has 19 heavy (non-hydrogen) atoms. The molecule has 1 aliphatic rings. The first-order chi connectivity index (χ1) is 9.11. The lowest BCUT2D eigenvalue weighted by Gasteiger charge is -2.31. The fourth-order valence-corrected chi connectivity index (χ4v) is 2.16. The van der Waals surface area contributed by atoms with Gasteiger partial charge in [0.25, 0.3) is 5.91 Å². The van der Waals surface area contributed by atoms with Gasteiger partial charge in [-0.3, -0.25) is 4.79 Å². The standard InChI is InChI=1S/C14H21N3O2/c1-10(15)8-17-12-7-11(5-6-16-2)3-4-13(12)19-9-14(17)18/h3-4,7,10,16H,5-6,8-9,15H2,1-2H3. The Morgan fingerprint density at radius 1 is 1.53 bits per heavy atom. The van der Waals surface area contributed by atoms with Crippen LogP contribution < -0.4 is 20.7 Å². The van der Waals surface area contributed by atoms with E-state index in [4.69, 9.17) is 10.5 Å². The highest BCUT2D eigenvalue weighted by Crippen LogP contribution is 2.33. The minimum absolute atomic E-state index is 0.0319. The third-order valence-corrected chi connectivity index (χ3v) is 3.10. The first kappa shape index (κ1) is 13.8. The Kier molecular flexibility index (Phi) is 4.39. The molecule has 0 fully saturated rings. The number of carbonyl (C=O) groups is 1.